The van der Waals surface area contributed by atoms with Crippen molar-refractivity contribution in [1.82, 2.24) is 0 Å². The summed E-state index contributed by atoms with van der Waals surface area (Å²) in [6.07, 6.45) is 0. The van der Waals surface area contributed by atoms with E-state index in [2.05, 4.69) is 44.0 Å². The van der Waals surface area contributed by atoms with Gasteiger partial charge in [0.2, 0.25) is 0 Å². The third-order valence-electron chi connectivity index (χ3n) is 5.39. The molecule has 5 heteroatoms. The fraction of sp³-hybridized carbons (Fsp3) is 0.0370. The van der Waals surface area contributed by atoms with Crippen LogP contribution in [-0.2, 0) is 5.60 Å². The summed E-state index contributed by atoms with van der Waals surface area (Å²) < 4.78 is 1.79. The number of hydrogen-bond acceptors (Lipinski definition) is 3. The van der Waals surface area contributed by atoms with Crippen LogP contribution in [0.3, 0.4) is 0 Å². The van der Waals surface area contributed by atoms with Crippen LogP contribution in [0.15, 0.2) is 99.9 Å². The average Bonchev–Trinajstić information content (AvgIpc) is 2.84. The van der Waals surface area contributed by atoms with Crippen LogP contribution in [0.2, 0.25) is 0 Å². The van der Waals surface area contributed by atoms with Crippen LogP contribution in [0.5, 0.6) is 0 Å². The van der Waals surface area contributed by atoms with Crippen LogP contribution >= 0.6 is 31.9 Å². The third kappa shape index (κ3) is 4.11. The van der Waals surface area contributed by atoms with Gasteiger partial charge in [0.05, 0.1) is 23.3 Å². The number of nitriles is 2. The SMILES string of the molecule is N#Cc1ccc(C(O)(c2ccc(C#N)cc2)c2cc(Br)ccc2-c2ccc(Br)cc2)cc1. The van der Waals surface area contributed by atoms with Gasteiger partial charge >= 0.3 is 0 Å². The maximum absolute atomic E-state index is 12.4. The van der Waals surface area contributed by atoms with Gasteiger partial charge in [-0.3, -0.25) is 0 Å². The molecule has 0 fully saturated rings. The molecule has 0 saturated carbocycles. The number of halogens is 2. The number of benzene rings is 4. The van der Waals surface area contributed by atoms with Crippen molar-refractivity contribution in [2.45, 2.75) is 5.60 Å². The van der Waals surface area contributed by atoms with E-state index < -0.39 is 5.60 Å². The summed E-state index contributed by atoms with van der Waals surface area (Å²) in [7, 11) is 0. The van der Waals surface area contributed by atoms with Crippen molar-refractivity contribution in [3.05, 3.63) is 128 Å². The summed E-state index contributed by atoms with van der Waals surface area (Å²) >= 11 is 7.04. The molecule has 154 valence electrons. The summed E-state index contributed by atoms with van der Waals surface area (Å²) in [6, 6.07) is 31.8. The third-order valence-corrected chi connectivity index (χ3v) is 6.41. The van der Waals surface area contributed by atoms with Crippen LogP contribution in [0.25, 0.3) is 11.1 Å². The van der Waals surface area contributed by atoms with Crippen molar-refractivity contribution in [2.75, 3.05) is 0 Å². The number of hydrogen-bond donors (Lipinski definition) is 1. The molecule has 0 radical (unpaired) electrons. The topological polar surface area (TPSA) is 67.8 Å². The highest BCUT2D eigenvalue weighted by Gasteiger charge is 2.36. The lowest BCUT2D eigenvalue weighted by Crippen LogP contribution is -2.29. The maximum Gasteiger partial charge on any atom is 0.141 e. The Labute approximate surface area is 203 Å². The summed E-state index contributed by atoms with van der Waals surface area (Å²) in [5, 5.41) is 30.8. The van der Waals surface area contributed by atoms with E-state index in [1.54, 1.807) is 48.5 Å². The highest BCUT2D eigenvalue weighted by atomic mass is 79.9. The fourth-order valence-electron chi connectivity index (χ4n) is 3.75. The van der Waals surface area contributed by atoms with Gasteiger partial charge in [0.1, 0.15) is 5.60 Å². The molecule has 4 rings (SSSR count). The highest BCUT2D eigenvalue weighted by Crippen LogP contribution is 2.43. The van der Waals surface area contributed by atoms with E-state index in [4.69, 9.17) is 0 Å². The van der Waals surface area contributed by atoms with Crippen molar-refractivity contribution >= 4 is 31.9 Å². The molecular weight excluding hydrogens is 528 g/mol. The number of nitrogens with zero attached hydrogens (tertiary/aromatic N) is 2. The molecule has 4 aromatic carbocycles. The molecule has 0 aliphatic rings. The molecule has 0 aromatic heterocycles. The zero-order valence-electron chi connectivity index (χ0n) is 16.8. The molecule has 0 amide bonds. The van der Waals surface area contributed by atoms with Crippen molar-refractivity contribution < 1.29 is 5.11 Å². The van der Waals surface area contributed by atoms with Gasteiger partial charge in [-0.1, -0.05) is 74.3 Å². The van der Waals surface area contributed by atoms with E-state index in [0.717, 1.165) is 20.1 Å². The van der Waals surface area contributed by atoms with Gasteiger partial charge in [0.25, 0.3) is 0 Å². The minimum absolute atomic E-state index is 0.512. The summed E-state index contributed by atoms with van der Waals surface area (Å²) in [6.45, 7) is 0. The monoisotopic (exact) mass is 542 g/mol. The zero-order chi connectivity index (χ0) is 22.7. The van der Waals surface area contributed by atoms with Gasteiger partial charge < -0.3 is 5.11 Å². The van der Waals surface area contributed by atoms with E-state index in [1.807, 2.05) is 42.5 Å². The van der Waals surface area contributed by atoms with E-state index in [-0.39, 0.29) is 0 Å². The Morgan fingerprint density at radius 1 is 0.625 bits per heavy atom. The molecular formula is C27H16Br2N2O. The fourth-order valence-corrected chi connectivity index (χ4v) is 4.37. The normalized spacial score (nSPS) is 10.9. The van der Waals surface area contributed by atoms with Gasteiger partial charge in [-0.15, -0.1) is 0 Å². The molecule has 0 aliphatic carbocycles. The Bertz CT molecular complexity index is 1290. The first-order valence-corrected chi connectivity index (χ1v) is 11.3. The number of rotatable bonds is 4. The van der Waals surface area contributed by atoms with Gasteiger partial charge in [0.15, 0.2) is 0 Å². The van der Waals surface area contributed by atoms with E-state index >= 15 is 0 Å². The molecule has 1 N–H and O–H groups in total. The minimum Gasteiger partial charge on any atom is -0.376 e. The lowest BCUT2D eigenvalue weighted by Gasteiger charge is -2.32. The molecule has 0 atom stereocenters. The Morgan fingerprint density at radius 3 is 1.56 bits per heavy atom. The molecule has 32 heavy (non-hydrogen) atoms. The predicted molar refractivity (Wildman–Crippen MR) is 132 cm³/mol. The van der Waals surface area contributed by atoms with Crippen molar-refractivity contribution in [1.29, 1.82) is 10.5 Å². The van der Waals surface area contributed by atoms with Gasteiger partial charge in [-0.2, -0.15) is 10.5 Å². The van der Waals surface area contributed by atoms with Crippen molar-refractivity contribution in [3.8, 4) is 23.3 Å². The molecule has 0 aliphatic heterocycles. The second-order valence-corrected chi connectivity index (χ2v) is 9.12. The maximum atomic E-state index is 12.4. The first-order valence-electron chi connectivity index (χ1n) is 9.75. The van der Waals surface area contributed by atoms with Crippen molar-refractivity contribution in [3.63, 3.8) is 0 Å². The summed E-state index contributed by atoms with van der Waals surface area (Å²) in [4.78, 5) is 0. The largest absolute Gasteiger partial charge is 0.376 e. The van der Waals surface area contributed by atoms with E-state index in [1.165, 1.54) is 0 Å². The Morgan fingerprint density at radius 2 is 1.09 bits per heavy atom. The van der Waals surface area contributed by atoms with Crippen molar-refractivity contribution in [2.24, 2.45) is 0 Å². The van der Waals surface area contributed by atoms with Crippen LogP contribution in [-0.4, -0.2) is 5.11 Å². The van der Waals surface area contributed by atoms with Gasteiger partial charge in [0, 0.05) is 14.5 Å². The molecule has 3 nitrogen and oxygen atoms in total. The Balaban J connectivity index is 2.02. The first-order chi connectivity index (χ1) is 15.5. The Hall–Kier alpha value is -3.22. The molecule has 4 aromatic rings. The standard InChI is InChI=1S/C27H16Br2N2O/c28-23-11-5-20(6-12-23)25-14-13-24(29)15-26(25)27(32,21-7-1-18(16-30)2-8-21)22-9-3-19(17-31)4-10-22/h1-15,32H. The second-order valence-electron chi connectivity index (χ2n) is 7.29. The van der Waals surface area contributed by atoms with Gasteiger partial charge in [-0.25, -0.2) is 0 Å². The highest BCUT2D eigenvalue weighted by molar-refractivity contribution is 9.10. The van der Waals surface area contributed by atoms with E-state index in [9.17, 15) is 15.6 Å². The minimum atomic E-state index is -1.52. The van der Waals surface area contributed by atoms with E-state index in [0.29, 0.717) is 27.8 Å². The first kappa shape index (κ1) is 22.0. The lowest BCUT2D eigenvalue weighted by atomic mass is 9.77. The molecule has 0 saturated heterocycles. The lowest BCUT2D eigenvalue weighted by molar-refractivity contribution is 0.126. The zero-order valence-corrected chi connectivity index (χ0v) is 19.9. The Kier molecular flexibility index (Phi) is 6.26. The summed E-state index contributed by atoms with van der Waals surface area (Å²) in [5.74, 6) is 0. The van der Waals surface area contributed by atoms with Crippen LogP contribution in [0.4, 0.5) is 0 Å². The van der Waals surface area contributed by atoms with Crippen LogP contribution in [0.1, 0.15) is 27.8 Å². The summed E-state index contributed by atoms with van der Waals surface area (Å²) in [5.41, 5.74) is 3.26. The van der Waals surface area contributed by atoms with Crippen LogP contribution < -0.4 is 0 Å². The quantitative estimate of drug-likeness (QED) is 0.284. The molecule has 0 unspecified atom stereocenters. The molecule has 0 bridgehead atoms. The molecule has 0 heterocycles. The smallest absolute Gasteiger partial charge is 0.141 e. The predicted octanol–water partition coefficient (Wildman–Crippen LogP) is 6.91. The van der Waals surface area contributed by atoms with Gasteiger partial charge in [-0.05, 0) is 70.8 Å². The van der Waals surface area contributed by atoms with Crippen LogP contribution in [0, 0.1) is 22.7 Å². The molecule has 0 spiro atoms. The average molecular weight is 544 g/mol. The second kappa shape index (κ2) is 9.10. The number of aliphatic hydroxyl groups is 1.